The zero-order valence-electron chi connectivity index (χ0n) is 11.5. The third-order valence-corrected chi connectivity index (χ3v) is 3.06. The fourth-order valence-electron chi connectivity index (χ4n) is 2.26. The fraction of sp³-hybridized carbons (Fsp3) is 0.600. The van der Waals surface area contributed by atoms with Gasteiger partial charge in [-0.2, -0.15) is 0 Å². The van der Waals surface area contributed by atoms with E-state index in [2.05, 4.69) is 43.4 Å². The van der Waals surface area contributed by atoms with Crippen molar-refractivity contribution >= 4 is 0 Å². The number of nitrogens with one attached hydrogen (secondary N) is 1. The first-order chi connectivity index (χ1) is 8.22. The second kappa shape index (κ2) is 7.46. The van der Waals surface area contributed by atoms with E-state index >= 15 is 0 Å². The Kier molecular flexibility index (Phi) is 6.23. The molecule has 0 amide bonds. The van der Waals surface area contributed by atoms with Gasteiger partial charge in [-0.1, -0.05) is 37.6 Å². The highest BCUT2D eigenvalue weighted by atomic mass is 16.5. The van der Waals surface area contributed by atoms with Gasteiger partial charge in [0, 0.05) is 6.61 Å². The van der Waals surface area contributed by atoms with E-state index in [9.17, 15) is 0 Å². The van der Waals surface area contributed by atoms with E-state index in [4.69, 9.17) is 4.74 Å². The molecule has 2 nitrogen and oxygen atoms in total. The molecular formula is C15H25NO. The predicted octanol–water partition coefficient (Wildman–Crippen LogP) is 3.32. The third-order valence-electron chi connectivity index (χ3n) is 3.06. The highest BCUT2D eigenvalue weighted by molar-refractivity contribution is 5.27. The lowest BCUT2D eigenvalue weighted by atomic mass is 9.98. The summed E-state index contributed by atoms with van der Waals surface area (Å²) in [4.78, 5) is 0. The molecule has 0 spiro atoms. The Morgan fingerprint density at radius 3 is 2.65 bits per heavy atom. The molecule has 96 valence electrons. The van der Waals surface area contributed by atoms with Crippen molar-refractivity contribution in [3.05, 3.63) is 35.4 Å². The Bertz CT molecular complexity index is 324. The number of aryl methyl sites for hydroxylation is 1. The van der Waals surface area contributed by atoms with Gasteiger partial charge in [0.2, 0.25) is 0 Å². The lowest BCUT2D eigenvalue weighted by Crippen LogP contribution is -2.29. The Morgan fingerprint density at radius 1 is 1.29 bits per heavy atom. The summed E-state index contributed by atoms with van der Waals surface area (Å²) in [5.74, 6) is 0. The summed E-state index contributed by atoms with van der Waals surface area (Å²) in [6.07, 6.45) is 2.53. The molecule has 0 aliphatic rings. The van der Waals surface area contributed by atoms with Crippen molar-refractivity contribution in [3.63, 3.8) is 0 Å². The first kappa shape index (κ1) is 14.2. The van der Waals surface area contributed by atoms with E-state index in [1.54, 1.807) is 0 Å². The van der Waals surface area contributed by atoms with Crippen molar-refractivity contribution in [2.24, 2.45) is 0 Å². The number of hydrogen-bond donors (Lipinski definition) is 1. The lowest BCUT2D eigenvalue weighted by Gasteiger charge is -2.24. The van der Waals surface area contributed by atoms with Crippen molar-refractivity contribution in [1.29, 1.82) is 0 Å². The molecule has 0 aliphatic carbocycles. The minimum absolute atomic E-state index is 0.196. The van der Waals surface area contributed by atoms with Crippen LogP contribution in [0.3, 0.4) is 0 Å². The highest BCUT2D eigenvalue weighted by Crippen LogP contribution is 2.20. The van der Waals surface area contributed by atoms with Crippen LogP contribution in [0.25, 0.3) is 0 Å². The quantitative estimate of drug-likeness (QED) is 0.782. The van der Waals surface area contributed by atoms with Crippen LogP contribution < -0.4 is 5.32 Å². The summed E-state index contributed by atoms with van der Waals surface area (Å²) in [5, 5.41) is 3.35. The fourth-order valence-corrected chi connectivity index (χ4v) is 2.26. The van der Waals surface area contributed by atoms with Gasteiger partial charge in [0.1, 0.15) is 0 Å². The smallest absolute Gasteiger partial charge is 0.0741 e. The molecule has 1 rings (SSSR count). The van der Waals surface area contributed by atoms with E-state index in [0.717, 1.165) is 13.0 Å². The molecule has 0 saturated carbocycles. The molecular weight excluding hydrogens is 210 g/mol. The zero-order chi connectivity index (χ0) is 12.7. The number of ether oxygens (including phenoxy) is 1. The van der Waals surface area contributed by atoms with Crippen molar-refractivity contribution in [1.82, 2.24) is 5.32 Å². The lowest BCUT2D eigenvalue weighted by molar-refractivity contribution is 0.0493. The SMILES string of the molecule is CCCc1cccc(C(NC)C(C)OCC)c1. The molecule has 2 unspecified atom stereocenters. The Labute approximate surface area is 105 Å². The molecule has 1 aromatic rings. The van der Waals surface area contributed by atoms with Gasteiger partial charge in [0.25, 0.3) is 0 Å². The molecule has 0 fully saturated rings. The molecule has 2 atom stereocenters. The first-order valence-electron chi connectivity index (χ1n) is 6.60. The van der Waals surface area contributed by atoms with Gasteiger partial charge in [-0.3, -0.25) is 0 Å². The maximum atomic E-state index is 5.69. The largest absolute Gasteiger partial charge is 0.377 e. The van der Waals surface area contributed by atoms with Crippen LogP contribution in [0.5, 0.6) is 0 Å². The molecule has 0 saturated heterocycles. The molecule has 0 bridgehead atoms. The van der Waals surface area contributed by atoms with Crippen LogP contribution in [-0.2, 0) is 11.2 Å². The minimum Gasteiger partial charge on any atom is -0.377 e. The second-order valence-corrected chi connectivity index (χ2v) is 4.42. The number of rotatable bonds is 7. The normalized spacial score (nSPS) is 14.6. The number of benzene rings is 1. The molecule has 0 aliphatic heterocycles. The van der Waals surface area contributed by atoms with Crippen LogP contribution in [0.2, 0.25) is 0 Å². The second-order valence-electron chi connectivity index (χ2n) is 4.42. The van der Waals surface area contributed by atoms with Gasteiger partial charge in [-0.25, -0.2) is 0 Å². The van der Waals surface area contributed by atoms with Crippen LogP contribution in [0, 0.1) is 0 Å². The van der Waals surface area contributed by atoms with E-state index in [-0.39, 0.29) is 12.1 Å². The molecule has 0 heterocycles. The van der Waals surface area contributed by atoms with Crippen molar-refractivity contribution in [2.45, 2.75) is 45.8 Å². The van der Waals surface area contributed by atoms with Gasteiger partial charge >= 0.3 is 0 Å². The molecule has 1 N–H and O–H groups in total. The van der Waals surface area contributed by atoms with Crippen molar-refractivity contribution in [3.8, 4) is 0 Å². The van der Waals surface area contributed by atoms with Gasteiger partial charge in [-0.15, -0.1) is 0 Å². The Morgan fingerprint density at radius 2 is 2.06 bits per heavy atom. The van der Waals surface area contributed by atoms with Gasteiger partial charge in [0.15, 0.2) is 0 Å². The van der Waals surface area contributed by atoms with Gasteiger partial charge < -0.3 is 10.1 Å². The van der Waals surface area contributed by atoms with Crippen LogP contribution >= 0.6 is 0 Å². The van der Waals surface area contributed by atoms with Crippen LogP contribution in [0.4, 0.5) is 0 Å². The van der Waals surface area contributed by atoms with Crippen molar-refractivity contribution in [2.75, 3.05) is 13.7 Å². The highest BCUT2D eigenvalue weighted by Gasteiger charge is 2.17. The van der Waals surface area contributed by atoms with E-state index in [0.29, 0.717) is 0 Å². The third kappa shape index (κ3) is 4.14. The Balaban J connectivity index is 2.83. The van der Waals surface area contributed by atoms with E-state index in [1.807, 2.05) is 14.0 Å². The molecule has 17 heavy (non-hydrogen) atoms. The predicted molar refractivity (Wildman–Crippen MR) is 73.3 cm³/mol. The minimum atomic E-state index is 0.196. The summed E-state index contributed by atoms with van der Waals surface area (Å²) in [6.45, 7) is 7.13. The average molecular weight is 235 g/mol. The summed E-state index contributed by atoms with van der Waals surface area (Å²) in [6, 6.07) is 9.08. The first-order valence-corrected chi connectivity index (χ1v) is 6.60. The van der Waals surface area contributed by atoms with Gasteiger partial charge in [0.05, 0.1) is 12.1 Å². The van der Waals surface area contributed by atoms with E-state index < -0.39 is 0 Å². The standard InChI is InChI=1S/C15H25NO/c1-5-8-13-9-7-10-14(11-13)15(16-4)12(3)17-6-2/h7,9-12,15-16H,5-6,8H2,1-4H3. The zero-order valence-corrected chi connectivity index (χ0v) is 11.5. The Hall–Kier alpha value is -0.860. The molecule has 0 aromatic heterocycles. The summed E-state index contributed by atoms with van der Waals surface area (Å²) in [5.41, 5.74) is 2.73. The van der Waals surface area contributed by atoms with Crippen LogP contribution in [0.15, 0.2) is 24.3 Å². The maximum Gasteiger partial charge on any atom is 0.0741 e. The topological polar surface area (TPSA) is 21.3 Å². The van der Waals surface area contributed by atoms with Crippen LogP contribution in [-0.4, -0.2) is 19.8 Å². The number of hydrogen-bond acceptors (Lipinski definition) is 2. The molecule has 2 heteroatoms. The monoisotopic (exact) mass is 235 g/mol. The van der Waals surface area contributed by atoms with Crippen LogP contribution in [0.1, 0.15) is 44.4 Å². The maximum absolute atomic E-state index is 5.69. The summed E-state index contributed by atoms with van der Waals surface area (Å²) in [7, 11) is 1.99. The summed E-state index contributed by atoms with van der Waals surface area (Å²) >= 11 is 0. The average Bonchev–Trinajstić information content (AvgIpc) is 2.31. The van der Waals surface area contributed by atoms with E-state index in [1.165, 1.54) is 17.5 Å². The molecule has 1 aromatic carbocycles. The van der Waals surface area contributed by atoms with Gasteiger partial charge in [-0.05, 0) is 38.4 Å². The molecule has 0 radical (unpaired) electrons. The van der Waals surface area contributed by atoms with Crippen molar-refractivity contribution < 1.29 is 4.74 Å². The number of likely N-dealkylation sites (N-methyl/N-ethyl adjacent to an activating group) is 1. The summed E-state index contributed by atoms with van der Waals surface area (Å²) < 4.78 is 5.69.